The lowest BCUT2D eigenvalue weighted by Crippen LogP contribution is -2.36. The van der Waals surface area contributed by atoms with Crippen LogP contribution in [0.4, 0.5) is 5.82 Å². The number of nitrogens with zero attached hydrogens (tertiary/aromatic N) is 6. The number of carbonyl (C=O) groups excluding carboxylic acids is 1. The molecule has 4 rings (SSSR count). The number of fused-ring (bicyclic) bond motifs is 1. The highest BCUT2D eigenvalue weighted by Crippen LogP contribution is 2.15. The first kappa shape index (κ1) is 17.5. The molecule has 7 heteroatoms. The van der Waals surface area contributed by atoms with Gasteiger partial charge in [0, 0.05) is 38.6 Å². The third kappa shape index (κ3) is 3.77. The van der Waals surface area contributed by atoms with Gasteiger partial charge in [0.2, 0.25) is 5.91 Å². The van der Waals surface area contributed by atoms with Crippen molar-refractivity contribution in [3.8, 4) is 0 Å². The molecule has 0 unspecified atom stereocenters. The molecule has 3 aromatic rings. The quantitative estimate of drug-likeness (QED) is 0.711. The molecule has 1 aliphatic heterocycles. The zero-order chi connectivity index (χ0) is 18.8. The highest BCUT2D eigenvalue weighted by atomic mass is 16.2. The van der Waals surface area contributed by atoms with Gasteiger partial charge in [-0.05, 0) is 44.0 Å². The van der Waals surface area contributed by atoms with E-state index in [1.165, 1.54) is 0 Å². The summed E-state index contributed by atoms with van der Waals surface area (Å²) < 4.78 is 1.98. The van der Waals surface area contributed by atoms with Crippen molar-refractivity contribution in [1.82, 2.24) is 24.5 Å². The van der Waals surface area contributed by atoms with Gasteiger partial charge in [0.15, 0.2) is 5.82 Å². The predicted molar refractivity (Wildman–Crippen MR) is 104 cm³/mol. The first-order chi connectivity index (χ1) is 13.1. The third-order valence-electron chi connectivity index (χ3n) is 5.02. The number of imidazole rings is 1. The molecule has 1 saturated heterocycles. The Morgan fingerprint density at radius 3 is 2.74 bits per heavy atom. The molecule has 0 aliphatic carbocycles. The van der Waals surface area contributed by atoms with Gasteiger partial charge in [0.25, 0.3) is 0 Å². The van der Waals surface area contributed by atoms with Crippen LogP contribution in [-0.2, 0) is 11.2 Å². The van der Waals surface area contributed by atoms with Gasteiger partial charge in [-0.15, -0.1) is 5.10 Å². The van der Waals surface area contributed by atoms with Crippen LogP contribution in [0, 0.1) is 13.8 Å². The Labute approximate surface area is 158 Å². The van der Waals surface area contributed by atoms with Crippen LogP contribution in [0.15, 0.2) is 36.7 Å². The fraction of sp³-hybridized carbons (Fsp3) is 0.400. The van der Waals surface area contributed by atoms with E-state index in [0.29, 0.717) is 13.0 Å². The fourth-order valence-electron chi connectivity index (χ4n) is 3.51. The number of amides is 1. The highest BCUT2D eigenvalue weighted by molar-refractivity contribution is 5.78. The lowest BCUT2D eigenvalue weighted by atomic mass is 10.3. The van der Waals surface area contributed by atoms with E-state index in [2.05, 4.69) is 20.1 Å². The van der Waals surface area contributed by atoms with Crippen LogP contribution in [0.5, 0.6) is 0 Å². The number of rotatable bonds is 3. The fourth-order valence-corrected chi connectivity index (χ4v) is 3.51. The zero-order valence-electron chi connectivity index (χ0n) is 15.8. The number of aromatic nitrogens is 4. The summed E-state index contributed by atoms with van der Waals surface area (Å²) in [6.07, 6.45) is 5.18. The molecule has 0 spiro atoms. The van der Waals surface area contributed by atoms with Crippen molar-refractivity contribution in [2.75, 3.05) is 31.1 Å². The summed E-state index contributed by atoms with van der Waals surface area (Å²) >= 11 is 0. The van der Waals surface area contributed by atoms with Crippen molar-refractivity contribution in [2.24, 2.45) is 0 Å². The molecule has 1 amide bonds. The molecule has 3 aromatic heterocycles. The molecular weight excluding hydrogens is 340 g/mol. The Hall–Kier alpha value is -2.96. The van der Waals surface area contributed by atoms with Crippen LogP contribution in [-0.4, -0.2) is 56.6 Å². The maximum absolute atomic E-state index is 12.8. The second-order valence-corrected chi connectivity index (χ2v) is 7.09. The van der Waals surface area contributed by atoms with E-state index in [9.17, 15) is 4.79 Å². The van der Waals surface area contributed by atoms with E-state index in [4.69, 9.17) is 0 Å². The van der Waals surface area contributed by atoms with Crippen LogP contribution in [0.3, 0.4) is 0 Å². The summed E-state index contributed by atoms with van der Waals surface area (Å²) in [5.74, 6) is 1.01. The van der Waals surface area contributed by atoms with Crippen molar-refractivity contribution in [2.45, 2.75) is 26.7 Å². The summed E-state index contributed by atoms with van der Waals surface area (Å²) in [5.41, 5.74) is 3.76. The van der Waals surface area contributed by atoms with Gasteiger partial charge in [-0.25, -0.2) is 4.98 Å². The Kier molecular flexibility index (Phi) is 4.75. The van der Waals surface area contributed by atoms with Gasteiger partial charge in [0.05, 0.1) is 17.8 Å². The Bertz CT molecular complexity index is 949. The first-order valence-corrected chi connectivity index (χ1v) is 9.36. The molecule has 0 atom stereocenters. The topological polar surface area (TPSA) is 66.6 Å². The summed E-state index contributed by atoms with van der Waals surface area (Å²) in [6.45, 7) is 7.08. The van der Waals surface area contributed by atoms with Gasteiger partial charge in [-0.1, -0.05) is 6.07 Å². The van der Waals surface area contributed by atoms with Gasteiger partial charge in [-0.3, -0.25) is 4.79 Å². The summed E-state index contributed by atoms with van der Waals surface area (Å²) in [5, 5.41) is 8.41. The van der Waals surface area contributed by atoms with Crippen LogP contribution < -0.4 is 4.90 Å². The van der Waals surface area contributed by atoms with E-state index in [1.54, 1.807) is 0 Å². The Morgan fingerprint density at radius 2 is 1.96 bits per heavy atom. The minimum atomic E-state index is 0.132. The molecule has 0 saturated carbocycles. The van der Waals surface area contributed by atoms with Crippen LogP contribution in [0.25, 0.3) is 5.65 Å². The minimum absolute atomic E-state index is 0.132. The van der Waals surface area contributed by atoms with E-state index in [-0.39, 0.29) is 5.91 Å². The molecule has 0 N–H and O–H groups in total. The maximum atomic E-state index is 12.8. The average Bonchev–Trinajstić information content (AvgIpc) is 2.91. The smallest absolute Gasteiger partial charge is 0.228 e. The van der Waals surface area contributed by atoms with Gasteiger partial charge in [-0.2, -0.15) is 5.10 Å². The zero-order valence-corrected chi connectivity index (χ0v) is 15.8. The molecule has 4 heterocycles. The normalized spacial score (nSPS) is 15.2. The van der Waals surface area contributed by atoms with Crippen molar-refractivity contribution in [1.29, 1.82) is 0 Å². The van der Waals surface area contributed by atoms with Gasteiger partial charge >= 0.3 is 0 Å². The van der Waals surface area contributed by atoms with Crippen molar-refractivity contribution >= 4 is 17.4 Å². The van der Waals surface area contributed by atoms with Gasteiger partial charge < -0.3 is 14.2 Å². The number of hydrogen-bond acceptors (Lipinski definition) is 5. The summed E-state index contributed by atoms with van der Waals surface area (Å²) in [4.78, 5) is 21.6. The standard InChI is InChI=1S/C20H24N6O/c1-15-5-3-8-26-14-17(21-20(15)26)13-19(27)25-10-4-9-24(11-12-25)18-7-6-16(2)22-23-18/h3,5-8,14H,4,9-13H2,1-2H3. The molecule has 7 nitrogen and oxygen atoms in total. The number of aryl methyl sites for hydroxylation is 2. The lowest BCUT2D eigenvalue weighted by Gasteiger charge is -2.22. The second-order valence-electron chi connectivity index (χ2n) is 7.09. The lowest BCUT2D eigenvalue weighted by molar-refractivity contribution is -0.130. The molecule has 1 aliphatic rings. The van der Waals surface area contributed by atoms with Gasteiger partial charge in [0.1, 0.15) is 5.65 Å². The van der Waals surface area contributed by atoms with E-state index in [1.807, 2.05) is 59.8 Å². The van der Waals surface area contributed by atoms with Crippen molar-refractivity contribution in [3.05, 3.63) is 53.6 Å². The molecular formula is C20H24N6O. The largest absolute Gasteiger partial charge is 0.353 e. The minimum Gasteiger partial charge on any atom is -0.353 e. The van der Waals surface area contributed by atoms with E-state index < -0.39 is 0 Å². The number of anilines is 1. The molecule has 27 heavy (non-hydrogen) atoms. The maximum Gasteiger partial charge on any atom is 0.228 e. The highest BCUT2D eigenvalue weighted by Gasteiger charge is 2.21. The number of hydrogen-bond donors (Lipinski definition) is 0. The monoisotopic (exact) mass is 364 g/mol. The molecule has 0 aromatic carbocycles. The Balaban J connectivity index is 1.41. The summed E-state index contributed by atoms with van der Waals surface area (Å²) in [6, 6.07) is 8.00. The number of carbonyl (C=O) groups is 1. The van der Waals surface area contributed by atoms with Crippen LogP contribution >= 0.6 is 0 Å². The van der Waals surface area contributed by atoms with Crippen molar-refractivity contribution < 1.29 is 4.79 Å². The molecule has 0 radical (unpaired) electrons. The number of pyridine rings is 1. The Morgan fingerprint density at radius 1 is 1.07 bits per heavy atom. The summed E-state index contributed by atoms with van der Waals surface area (Å²) in [7, 11) is 0. The second kappa shape index (κ2) is 7.34. The third-order valence-corrected chi connectivity index (χ3v) is 5.02. The molecule has 1 fully saturated rings. The first-order valence-electron chi connectivity index (χ1n) is 9.36. The van der Waals surface area contributed by atoms with E-state index >= 15 is 0 Å². The van der Waals surface area contributed by atoms with Crippen LogP contribution in [0.2, 0.25) is 0 Å². The van der Waals surface area contributed by atoms with E-state index in [0.717, 1.165) is 54.5 Å². The molecule has 140 valence electrons. The van der Waals surface area contributed by atoms with Crippen LogP contribution in [0.1, 0.15) is 23.4 Å². The van der Waals surface area contributed by atoms with Crippen molar-refractivity contribution in [3.63, 3.8) is 0 Å². The SMILES string of the molecule is Cc1ccc(N2CCCN(C(=O)Cc3cn4cccc(C)c4n3)CC2)nn1. The predicted octanol–water partition coefficient (Wildman–Crippen LogP) is 2.02. The average molecular weight is 364 g/mol. The molecule has 0 bridgehead atoms.